The van der Waals surface area contributed by atoms with Crippen LogP contribution < -0.4 is 5.32 Å². The summed E-state index contributed by atoms with van der Waals surface area (Å²) in [7, 11) is 1.54. The van der Waals surface area contributed by atoms with Gasteiger partial charge in [0.1, 0.15) is 6.61 Å². The SMILES string of the molecule is COCc1cc(C(=O)NCC2CCC(C(=O)O)CC2)no1. The molecule has 0 saturated heterocycles. The fourth-order valence-electron chi connectivity index (χ4n) is 2.57. The molecule has 21 heavy (non-hydrogen) atoms. The fourth-order valence-corrected chi connectivity index (χ4v) is 2.57. The van der Waals surface area contributed by atoms with Crippen LogP contribution in [0.15, 0.2) is 10.6 Å². The first-order chi connectivity index (χ1) is 10.1. The molecule has 1 aliphatic carbocycles. The van der Waals surface area contributed by atoms with Crippen molar-refractivity contribution in [3.63, 3.8) is 0 Å². The number of carboxylic acid groups (broad SMARTS) is 1. The summed E-state index contributed by atoms with van der Waals surface area (Å²) in [5, 5.41) is 15.4. The predicted octanol–water partition coefficient (Wildman–Crippen LogP) is 1.44. The van der Waals surface area contributed by atoms with Crippen molar-refractivity contribution in [3.8, 4) is 0 Å². The Morgan fingerprint density at radius 2 is 2.14 bits per heavy atom. The number of ether oxygens (including phenoxy) is 1. The molecule has 1 heterocycles. The number of methoxy groups -OCH3 is 1. The molecular formula is C14H20N2O5. The van der Waals surface area contributed by atoms with Crippen molar-refractivity contribution in [2.45, 2.75) is 32.3 Å². The average Bonchev–Trinajstić information content (AvgIpc) is 2.94. The lowest BCUT2D eigenvalue weighted by Gasteiger charge is -2.25. The Labute approximate surface area is 122 Å². The second kappa shape index (κ2) is 7.21. The number of nitrogens with zero attached hydrogens (tertiary/aromatic N) is 1. The van der Waals surface area contributed by atoms with Gasteiger partial charge in [-0.05, 0) is 31.6 Å². The second-order valence-electron chi connectivity index (χ2n) is 5.38. The molecule has 2 N–H and O–H groups in total. The van der Waals surface area contributed by atoms with E-state index >= 15 is 0 Å². The van der Waals surface area contributed by atoms with E-state index < -0.39 is 5.97 Å². The quantitative estimate of drug-likeness (QED) is 0.823. The van der Waals surface area contributed by atoms with E-state index in [9.17, 15) is 9.59 Å². The van der Waals surface area contributed by atoms with Gasteiger partial charge in [0.15, 0.2) is 11.5 Å². The van der Waals surface area contributed by atoms with Gasteiger partial charge in [0, 0.05) is 19.7 Å². The molecule has 1 fully saturated rings. The topological polar surface area (TPSA) is 102 Å². The van der Waals surface area contributed by atoms with Crippen LogP contribution in [0, 0.1) is 11.8 Å². The van der Waals surface area contributed by atoms with E-state index in [0.29, 0.717) is 31.1 Å². The van der Waals surface area contributed by atoms with Crippen LogP contribution in [0.1, 0.15) is 41.9 Å². The summed E-state index contributed by atoms with van der Waals surface area (Å²) in [5.74, 6) is -0.393. The summed E-state index contributed by atoms with van der Waals surface area (Å²) in [5.41, 5.74) is 0.237. The van der Waals surface area contributed by atoms with Crippen LogP contribution in [0.4, 0.5) is 0 Å². The number of carbonyl (C=O) groups excluding carboxylic acids is 1. The van der Waals surface area contributed by atoms with Crippen LogP contribution in [0.25, 0.3) is 0 Å². The van der Waals surface area contributed by atoms with Gasteiger partial charge in [-0.3, -0.25) is 9.59 Å². The monoisotopic (exact) mass is 296 g/mol. The maximum Gasteiger partial charge on any atom is 0.306 e. The van der Waals surface area contributed by atoms with Gasteiger partial charge in [-0.15, -0.1) is 0 Å². The highest BCUT2D eigenvalue weighted by Gasteiger charge is 2.26. The van der Waals surface area contributed by atoms with E-state index in [0.717, 1.165) is 12.8 Å². The highest BCUT2D eigenvalue weighted by atomic mass is 16.5. The summed E-state index contributed by atoms with van der Waals surface area (Å²) in [6.07, 6.45) is 3.01. The highest BCUT2D eigenvalue weighted by molar-refractivity contribution is 5.92. The molecule has 7 heteroatoms. The standard InChI is InChI=1S/C14H20N2O5/c1-20-8-11-6-12(16-21-11)13(17)15-7-9-2-4-10(5-3-9)14(18)19/h6,9-10H,2-5,7-8H2,1H3,(H,15,17)(H,18,19). The third-order valence-electron chi connectivity index (χ3n) is 3.83. The third-order valence-corrected chi connectivity index (χ3v) is 3.83. The molecule has 1 amide bonds. The minimum atomic E-state index is -0.717. The number of nitrogens with one attached hydrogen (secondary N) is 1. The maximum atomic E-state index is 11.9. The van der Waals surface area contributed by atoms with Crippen molar-refractivity contribution < 1.29 is 24.0 Å². The summed E-state index contributed by atoms with van der Waals surface area (Å²) in [6, 6.07) is 1.56. The molecule has 0 atom stereocenters. The molecular weight excluding hydrogens is 276 g/mol. The molecule has 0 radical (unpaired) electrons. The molecule has 1 aromatic heterocycles. The van der Waals surface area contributed by atoms with E-state index in [1.807, 2.05) is 0 Å². The minimum absolute atomic E-state index is 0.232. The zero-order valence-corrected chi connectivity index (χ0v) is 12.0. The van der Waals surface area contributed by atoms with Gasteiger partial charge in [0.05, 0.1) is 5.92 Å². The number of aromatic nitrogens is 1. The Hall–Kier alpha value is -1.89. The molecule has 116 valence electrons. The fraction of sp³-hybridized carbons (Fsp3) is 0.643. The molecule has 7 nitrogen and oxygen atoms in total. The van der Waals surface area contributed by atoms with Gasteiger partial charge in [-0.25, -0.2) is 0 Å². The van der Waals surface area contributed by atoms with Crippen LogP contribution in [-0.4, -0.2) is 35.8 Å². The average molecular weight is 296 g/mol. The summed E-state index contributed by atoms with van der Waals surface area (Å²) in [6.45, 7) is 0.817. The molecule has 0 spiro atoms. The van der Waals surface area contributed by atoms with Crippen molar-refractivity contribution in [3.05, 3.63) is 17.5 Å². The number of aliphatic carboxylic acids is 1. The Balaban J connectivity index is 1.75. The maximum absolute atomic E-state index is 11.9. The Morgan fingerprint density at radius 1 is 1.43 bits per heavy atom. The molecule has 0 bridgehead atoms. The molecule has 1 aliphatic rings. The van der Waals surface area contributed by atoms with E-state index in [1.54, 1.807) is 6.07 Å². The van der Waals surface area contributed by atoms with E-state index in [2.05, 4.69) is 10.5 Å². The van der Waals surface area contributed by atoms with Gasteiger partial charge in [0.2, 0.25) is 0 Å². The lowest BCUT2D eigenvalue weighted by atomic mass is 9.82. The number of carbonyl (C=O) groups is 2. The van der Waals surface area contributed by atoms with Crippen molar-refractivity contribution in [1.29, 1.82) is 0 Å². The molecule has 0 aliphatic heterocycles. The van der Waals surface area contributed by atoms with Crippen molar-refractivity contribution >= 4 is 11.9 Å². The molecule has 1 saturated carbocycles. The van der Waals surface area contributed by atoms with Crippen molar-refractivity contribution in [1.82, 2.24) is 10.5 Å². The summed E-state index contributed by atoms with van der Waals surface area (Å²) in [4.78, 5) is 22.8. The van der Waals surface area contributed by atoms with Gasteiger partial charge < -0.3 is 19.7 Å². The number of hydrogen-bond donors (Lipinski definition) is 2. The first-order valence-electron chi connectivity index (χ1n) is 7.05. The number of hydrogen-bond acceptors (Lipinski definition) is 5. The summed E-state index contributed by atoms with van der Waals surface area (Å²) >= 11 is 0. The van der Waals surface area contributed by atoms with Crippen LogP contribution >= 0.6 is 0 Å². The predicted molar refractivity (Wildman–Crippen MR) is 72.6 cm³/mol. The Kier molecular flexibility index (Phi) is 5.32. The van der Waals surface area contributed by atoms with E-state index in [-0.39, 0.29) is 24.1 Å². The highest BCUT2D eigenvalue weighted by Crippen LogP contribution is 2.28. The van der Waals surface area contributed by atoms with Gasteiger partial charge in [0.25, 0.3) is 5.91 Å². The van der Waals surface area contributed by atoms with Crippen LogP contribution in [0.3, 0.4) is 0 Å². The molecule has 2 rings (SSSR count). The van der Waals surface area contributed by atoms with Crippen molar-refractivity contribution in [2.24, 2.45) is 11.8 Å². The number of amides is 1. The van der Waals surface area contributed by atoms with Gasteiger partial charge >= 0.3 is 5.97 Å². The number of carboxylic acids is 1. The Morgan fingerprint density at radius 3 is 2.76 bits per heavy atom. The van der Waals surface area contributed by atoms with Gasteiger partial charge in [-0.2, -0.15) is 0 Å². The normalized spacial score (nSPS) is 22.0. The van der Waals surface area contributed by atoms with Crippen LogP contribution in [-0.2, 0) is 16.1 Å². The lowest BCUT2D eigenvalue weighted by molar-refractivity contribution is -0.143. The van der Waals surface area contributed by atoms with E-state index in [1.165, 1.54) is 7.11 Å². The molecule has 0 aromatic carbocycles. The largest absolute Gasteiger partial charge is 0.481 e. The first kappa shape index (κ1) is 15.5. The smallest absolute Gasteiger partial charge is 0.306 e. The first-order valence-corrected chi connectivity index (χ1v) is 7.05. The molecule has 0 unspecified atom stereocenters. The zero-order chi connectivity index (χ0) is 15.2. The summed E-state index contributed by atoms with van der Waals surface area (Å²) < 4.78 is 9.85. The van der Waals surface area contributed by atoms with Crippen LogP contribution in [0.5, 0.6) is 0 Å². The zero-order valence-electron chi connectivity index (χ0n) is 12.0. The lowest BCUT2D eigenvalue weighted by Crippen LogP contribution is -2.32. The number of rotatable bonds is 6. The molecule has 1 aromatic rings. The minimum Gasteiger partial charge on any atom is -0.481 e. The second-order valence-corrected chi connectivity index (χ2v) is 5.38. The van der Waals surface area contributed by atoms with Gasteiger partial charge in [-0.1, -0.05) is 5.16 Å². The third kappa shape index (κ3) is 4.29. The van der Waals surface area contributed by atoms with Crippen molar-refractivity contribution in [2.75, 3.05) is 13.7 Å². The Bertz CT molecular complexity index is 491. The van der Waals surface area contributed by atoms with E-state index in [4.69, 9.17) is 14.4 Å². The van der Waals surface area contributed by atoms with Crippen LogP contribution in [0.2, 0.25) is 0 Å².